The van der Waals surface area contributed by atoms with Crippen molar-refractivity contribution in [3.63, 3.8) is 0 Å². The number of amides is 2. The molecule has 0 aromatic heterocycles. The number of nitrogens with one attached hydrogen (secondary N) is 1. The number of methoxy groups -OCH3 is 1. The average molecular weight is 453 g/mol. The van der Waals surface area contributed by atoms with Crippen LogP contribution >= 0.6 is 23.2 Å². The van der Waals surface area contributed by atoms with Crippen LogP contribution in [0.3, 0.4) is 0 Å². The maximum absolute atomic E-state index is 13.0. The number of hydrogen-bond donors (Lipinski definition) is 1. The molecule has 0 heterocycles. The highest BCUT2D eigenvalue weighted by Crippen LogP contribution is 2.24. The largest absolute Gasteiger partial charge is 0.497 e. The van der Waals surface area contributed by atoms with E-state index >= 15 is 0 Å². The van der Waals surface area contributed by atoms with Crippen LogP contribution in [0.25, 0.3) is 0 Å². The first kappa shape index (κ1) is 23.8. The molecule has 0 saturated carbocycles. The molecule has 0 saturated heterocycles. The van der Waals surface area contributed by atoms with Crippen molar-refractivity contribution < 1.29 is 19.1 Å². The summed E-state index contributed by atoms with van der Waals surface area (Å²) in [6.45, 7) is 5.38. The van der Waals surface area contributed by atoms with Gasteiger partial charge in [0.25, 0.3) is 5.91 Å². The number of ether oxygens (including phenoxy) is 2. The molecule has 0 unspecified atom stereocenters. The monoisotopic (exact) mass is 452 g/mol. The van der Waals surface area contributed by atoms with Gasteiger partial charge in [-0.05, 0) is 62.7 Å². The summed E-state index contributed by atoms with van der Waals surface area (Å²) in [6, 6.07) is 11.3. The molecule has 0 spiro atoms. The highest BCUT2D eigenvalue weighted by atomic mass is 35.5. The van der Waals surface area contributed by atoms with Crippen LogP contribution in [-0.2, 0) is 16.1 Å². The number of carbonyl (C=O) groups is 2. The average Bonchev–Trinajstić information content (AvgIpc) is 2.72. The lowest BCUT2D eigenvalue weighted by Crippen LogP contribution is -2.50. The Morgan fingerprint density at radius 1 is 1.00 bits per heavy atom. The summed E-state index contributed by atoms with van der Waals surface area (Å²) in [5.74, 6) is 0.637. The summed E-state index contributed by atoms with van der Waals surface area (Å²) < 4.78 is 10.7. The summed E-state index contributed by atoms with van der Waals surface area (Å²) in [5, 5.41) is 3.64. The molecule has 2 rings (SSSR count). The second-order valence-electron chi connectivity index (χ2n) is 7.07. The third-order valence-corrected chi connectivity index (χ3v) is 5.10. The molecule has 2 aromatic carbocycles. The maximum Gasteiger partial charge on any atom is 0.261 e. The predicted molar refractivity (Wildman–Crippen MR) is 118 cm³/mol. The molecule has 30 heavy (non-hydrogen) atoms. The minimum absolute atomic E-state index is 0.0440. The second-order valence-corrected chi connectivity index (χ2v) is 7.89. The van der Waals surface area contributed by atoms with Gasteiger partial charge in [-0.3, -0.25) is 9.59 Å². The smallest absolute Gasteiger partial charge is 0.261 e. The molecule has 0 bridgehead atoms. The third-order valence-electron chi connectivity index (χ3n) is 4.36. The lowest BCUT2D eigenvalue weighted by Gasteiger charge is -2.29. The van der Waals surface area contributed by atoms with E-state index < -0.39 is 6.04 Å². The Morgan fingerprint density at radius 3 is 2.20 bits per heavy atom. The molecule has 1 N–H and O–H groups in total. The molecule has 162 valence electrons. The maximum atomic E-state index is 13.0. The fourth-order valence-corrected chi connectivity index (χ4v) is 3.04. The van der Waals surface area contributed by atoms with Gasteiger partial charge in [-0.25, -0.2) is 0 Å². The van der Waals surface area contributed by atoms with Crippen LogP contribution in [0.5, 0.6) is 11.5 Å². The number of halogens is 2. The molecule has 0 radical (unpaired) electrons. The van der Waals surface area contributed by atoms with E-state index in [1.807, 2.05) is 13.8 Å². The molecule has 2 aromatic rings. The van der Waals surface area contributed by atoms with Crippen molar-refractivity contribution >= 4 is 35.0 Å². The van der Waals surface area contributed by atoms with Crippen molar-refractivity contribution in [3.8, 4) is 11.5 Å². The van der Waals surface area contributed by atoms with E-state index in [1.165, 1.54) is 4.90 Å². The summed E-state index contributed by atoms with van der Waals surface area (Å²) in [6.07, 6.45) is 0. The highest BCUT2D eigenvalue weighted by Gasteiger charge is 2.27. The van der Waals surface area contributed by atoms with E-state index in [1.54, 1.807) is 56.5 Å². The first-order valence-corrected chi connectivity index (χ1v) is 10.3. The quantitative estimate of drug-likeness (QED) is 0.614. The summed E-state index contributed by atoms with van der Waals surface area (Å²) in [5.41, 5.74) is 0.756. The molecule has 0 aliphatic heterocycles. The molecular weight excluding hydrogens is 427 g/mol. The summed E-state index contributed by atoms with van der Waals surface area (Å²) in [4.78, 5) is 27.0. The van der Waals surface area contributed by atoms with Gasteiger partial charge < -0.3 is 19.7 Å². The summed E-state index contributed by atoms with van der Waals surface area (Å²) >= 11 is 12.1. The van der Waals surface area contributed by atoms with Gasteiger partial charge in [0.15, 0.2) is 6.61 Å². The Labute approximate surface area is 187 Å². The number of benzene rings is 2. The van der Waals surface area contributed by atoms with Crippen molar-refractivity contribution in [3.05, 3.63) is 58.1 Å². The minimum Gasteiger partial charge on any atom is -0.497 e. The number of nitrogens with zero attached hydrogens (tertiary/aromatic N) is 1. The van der Waals surface area contributed by atoms with Gasteiger partial charge in [0.1, 0.15) is 17.5 Å². The van der Waals surface area contributed by atoms with Gasteiger partial charge in [0.2, 0.25) is 5.91 Å². The molecule has 8 heteroatoms. The molecular formula is C22H26Cl2N2O4. The van der Waals surface area contributed by atoms with Gasteiger partial charge in [-0.1, -0.05) is 29.3 Å². The molecule has 6 nitrogen and oxygen atoms in total. The Hall–Kier alpha value is -2.44. The van der Waals surface area contributed by atoms with Gasteiger partial charge in [-0.15, -0.1) is 0 Å². The number of hydrogen-bond acceptors (Lipinski definition) is 4. The zero-order valence-electron chi connectivity index (χ0n) is 17.4. The normalized spacial score (nSPS) is 11.7. The van der Waals surface area contributed by atoms with Crippen molar-refractivity contribution in [1.29, 1.82) is 0 Å². The first-order valence-electron chi connectivity index (χ1n) is 9.52. The molecule has 1 atom stereocenters. The SMILES string of the molecule is COc1ccc(OCC(=O)N(Cc2ccc(Cl)c(Cl)c2)[C@@H](C)C(=O)NC(C)C)cc1. The number of carbonyl (C=O) groups excluding carboxylic acids is 2. The zero-order valence-corrected chi connectivity index (χ0v) is 19.0. The van der Waals surface area contributed by atoms with Crippen LogP contribution in [-0.4, -0.2) is 42.5 Å². The molecule has 0 aliphatic rings. The lowest BCUT2D eigenvalue weighted by atomic mass is 10.1. The van der Waals surface area contributed by atoms with Gasteiger partial charge in [-0.2, -0.15) is 0 Å². The predicted octanol–water partition coefficient (Wildman–Crippen LogP) is 4.32. The van der Waals surface area contributed by atoms with Crippen molar-refractivity contribution in [1.82, 2.24) is 10.2 Å². The van der Waals surface area contributed by atoms with Gasteiger partial charge in [0.05, 0.1) is 17.2 Å². The molecule has 0 fully saturated rings. The Bertz CT molecular complexity index is 872. The highest BCUT2D eigenvalue weighted by molar-refractivity contribution is 6.42. The standard InChI is InChI=1S/C22H26Cl2N2O4/c1-14(2)25-22(28)15(3)26(12-16-5-10-19(23)20(24)11-16)21(27)13-30-18-8-6-17(29-4)7-9-18/h5-11,14-15H,12-13H2,1-4H3,(H,25,28)/t15-/m0/s1. The van der Waals surface area contributed by atoms with Crippen LogP contribution in [0.2, 0.25) is 10.0 Å². The van der Waals surface area contributed by atoms with Crippen LogP contribution in [0.1, 0.15) is 26.3 Å². The van der Waals surface area contributed by atoms with E-state index in [0.717, 1.165) is 5.56 Å². The van der Waals surface area contributed by atoms with Gasteiger partial charge in [0, 0.05) is 12.6 Å². The topological polar surface area (TPSA) is 67.9 Å². The second kappa shape index (κ2) is 11.1. The minimum atomic E-state index is -0.700. The fourth-order valence-electron chi connectivity index (χ4n) is 2.72. The zero-order chi connectivity index (χ0) is 22.3. The van der Waals surface area contributed by atoms with Crippen molar-refractivity contribution in [2.75, 3.05) is 13.7 Å². The van der Waals surface area contributed by atoms with E-state index in [-0.39, 0.29) is 31.0 Å². The first-order chi connectivity index (χ1) is 14.2. The van der Waals surface area contributed by atoms with Crippen molar-refractivity contribution in [2.45, 2.75) is 39.4 Å². The fraction of sp³-hybridized carbons (Fsp3) is 0.364. The Morgan fingerprint density at radius 2 is 1.63 bits per heavy atom. The van der Waals surface area contributed by atoms with Crippen LogP contribution in [0.15, 0.2) is 42.5 Å². The van der Waals surface area contributed by atoms with Crippen LogP contribution < -0.4 is 14.8 Å². The lowest BCUT2D eigenvalue weighted by molar-refractivity contribution is -0.142. The van der Waals surface area contributed by atoms with E-state index in [9.17, 15) is 9.59 Å². The Balaban J connectivity index is 2.16. The van der Waals surface area contributed by atoms with Crippen LogP contribution in [0.4, 0.5) is 0 Å². The van der Waals surface area contributed by atoms with E-state index in [0.29, 0.717) is 21.5 Å². The van der Waals surface area contributed by atoms with Crippen molar-refractivity contribution in [2.24, 2.45) is 0 Å². The van der Waals surface area contributed by atoms with E-state index in [2.05, 4.69) is 5.32 Å². The van der Waals surface area contributed by atoms with E-state index in [4.69, 9.17) is 32.7 Å². The Kier molecular flexibility index (Phi) is 8.81. The van der Waals surface area contributed by atoms with Crippen LogP contribution in [0, 0.1) is 0 Å². The summed E-state index contributed by atoms with van der Waals surface area (Å²) in [7, 11) is 1.57. The third kappa shape index (κ3) is 6.82. The van der Waals surface area contributed by atoms with Gasteiger partial charge >= 0.3 is 0 Å². The molecule has 0 aliphatic carbocycles. The molecule has 2 amide bonds. The number of rotatable bonds is 9.